The van der Waals surface area contributed by atoms with Crippen molar-refractivity contribution in [3.05, 3.63) is 53.1 Å². The third kappa shape index (κ3) is 4.30. The molecule has 0 aliphatic carbocycles. The molecule has 1 aliphatic heterocycles. The van der Waals surface area contributed by atoms with Crippen molar-refractivity contribution in [1.29, 1.82) is 0 Å². The van der Waals surface area contributed by atoms with Crippen LogP contribution in [0.4, 0.5) is 0 Å². The molecule has 0 spiro atoms. The molecule has 1 aromatic carbocycles. The number of nitrogens with one attached hydrogen (secondary N) is 2. The summed E-state index contributed by atoms with van der Waals surface area (Å²) in [6.07, 6.45) is 5.84. The minimum absolute atomic E-state index is 0.550. The Morgan fingerprint density at radius 2 is 2.14 bits per heavy atom. The van der Waals surface area contributed by atoms with Gasteiger partial charge < -0.3 is 10.3 Å². The van der Waals surface area contributed by atoms with Gasteiger partial charge in [-0.2, -0.15) is 0 Å². The van der Waals surface area contributed by atoms with E-state index in [1.165, 1.54) is 11.3 Å². The molecule has 5 heteroatoms. The Balaban J connectivity index is 1.49. The van der Waals surface area contributed by atoms with Crippen LogP contribution in [-0.4, -0.2) is 40.5 Å². The first-order valence-corrected chi connectivity index (χ1v) is 7.85. The number of piperazine rings is 1. The largest absolute Gasteiger partial charge is 0.348 e. The zero-order valence-electron chi connectivity index (χ0n) is 12.1. The molecule has 1 atom stereocenters. The molecule has 112 valence electrons. The molecule has 2 heterocycles. The average molecular weight is 305 g/mol. The fraction of sp³-hybridized carbons (Fsp3) is 0.438. The number of hydrogen-bond acceptors (Lipinski definition) is 3. The van der Waals surface area contributed by atoms with Crippen LogP contribution in [0.3, 0.4) is 0 Å². The lowest BCUT2D eigenvalue weighted by Gasteiger charge is -2.33. The smallest absolute Gasteiger partial charge is 0.0921 e. The van der Waals surface area contributed by atoms with Gasteiger partial charge in [-0.1, -0.05) is 23.7 Å². The first-order chi connectivity index (χ1) is 10.3. The van der Waals surface area contributed by atoms with E-state index in [9.17, 15) is 0 Å². The third-order valence-electron chi connectivity index (χ3n) is 3.98. The second-order valence-electron chi connectivity index (χ2n) is 5.63. The number of H-pyrrole nitrogens is 1. The van der Waals surface area contributed by atoms with Gasteiger partial charge in [0.1, 0.15) is 0 Å². The number of imidazole rings is 1. The molecule has 21 heavy (non-hydrogen) atoms. The van der Waals surface area contributed by atoms with Crippen LogP contribution >= 0.6 is 11.6 Å². The van der Waals surface area contributed by atoms with Gasteiger partial charge in [-0.05, 0) is 30.5 Å². The molecule has 3 rings (SSSR count). The number of hydrogen-bond donors (Lipinski definition) is 2. The molecule has 1 saturated heterocycles. The van der Waals surface area contributed by atoms with E-state index in [2.05, 4.69) is 32.3 Å². The van der Waals surface area contributed by atoms with Crippen molar-refractivity contribution in [1.82, 2.24) is 20.2 Å². The Labute approximate surface area is 130 Å². The molecule has 0 amide bonds. The first-order valence-electron chi connectivity index (χ1n) is 7.47. The Morgan fingerprint density at radius 1 is 1.29 bits per heavy atom. The molecule has 2 N–H and O–H groups in total. The summed E-state index contributed by atoms with van der Waals surface area (Å²) < 4.78 is 0. The summed E-state index contributed by atoms with van der Waals surface area (Å²) in [7, 11) is 0. The fourth-order valence-electron chi connectivity index (χ4n) is 2.83. The quantitative estimate of drug-likeness (QED) is 0.892. The van der Waals surface area contributed by atoms with Crippen LogP contribution in [0, 0.1) is 0 Å². The van der Waals surface area contributed by atoms with Crippen LogP contribution in [0.15, 0.2) is 36.8 Å². The van der Waals surface area contributed by atoms with Crippen molar-refractivity contribution in [3.8, 4) is 0 Å². The molecule has 0 radical (unpaired) electrons. The highest BCUT2D eigenvalue weighted by Gasteiger charge is 2.19. The predicted octanol–water partition coefficient (Wildman–Crippen LogP) is 2.47. The second kappa shape index (κ2) is 7.07. The van der Waals surface area contributed by atoms with Crippen molar-refractivity contribution in [2.75, 3.05) is 19.6 Å². The molecule has 4 nitrogen and oxygen atoms in total. The van der Waals surface area contributed by atoms with Crippen molar-refractivity contribution in [2.45, 2.75) is 25.4 Å². The monoisotopic (exact) mass is 304 g/mol. The van der Waals surface area contributed by atoms with E-state index in [-0.39, 0.29) is 0 Å². The molecule has 1 unspecified atom stereocenters. The maximum atomic E-state index is 5.94. The number of aromatic nitrogens is 2. The highest BCUT2D eigenvalue weighted by Crippen LogP contribution is 2.13. The minimum atomic E-state index is 0.550. The summed E-state index contributed by atoms with van der Waals surface area (Å²) in [5.74, 6) is 0. The third-order valence-corrected chi connectivity index (χ3v) is 4.23. The van der Waals surface area contributed by atoms with Crippen LogP contribution in [0.5, 0.6) is 0 Å². The summed E-state index contributed by atoms with van der Waals surface area (Å²) in [6, 6.07) is 8.71. The van der Waals surface area contributed by atoms with E-state index < -0.39 is 0 Å². The molecule has 0 bridgehead atoms. The lowest BCUT2D eigenvalue weighted by atomic mass is 10.1. The summed E-state index contributed by atoms with van der Waals surface area (Å²) in [6.45, 7) is 4.25. The number of aryl methyl sites for hydroxylation is 1. The number of halogens is 1. The van der Waals surface area contributed by atoms with Gasteiger partial charge in [0, 0.05) is 49.1 Å². The number of rotatable bonds is 5. The standard InChI is InChI=1S/C16H21ClN4/c17-14-3-1-13(2-4-14)10-21-8-7-19-16(11-21)6-5-15-9-18-12-20-15/h1-4,9,12,16,19H,5-8,10-11H2,(H,18,20). The zero-order valence-corrected chi connectivity index (χ0v) is 12.8. The summed E-state index contributed by atoms with van der Waals surface area (Å²) in [5, 5.41) is 4.41. The molecule has 1 fully saturated rings. The van der Waals surface area contributed by atoms with Gasteiger partial charge in [-0.3, -0.25) is 4.90 Å². The molecule has 2 aromatic rings. The summed E-state index contributed by atoms with van der Waals surface area (Å²) in [4.78, 5) is 9.75. The first kappa shape index (κ1) is 14.6. The number of benzene rings is 1. The van der Waals surface area contributed by atoms with Crippen molar-refractivity contribution < 1.29 is 0 Å². The Hall–Kier alpha value is -1.36. The minimum Gasteiger partial charge on any atom is -0.348 e. The van der Waals surface area contributed by atoms with Crippen LogP contribution in [0.25, 0.3) is 0 Å². The van der Waals surface area contributed by atoms with Gasteiger partial charge in [0.25, 0.3) is 0 Å². The lowest BCUT2D eigenvalue weighted by Crippen LogP contribution is -2.50. The molecular formula is C16H21ClN4. The Morgan fingerprint density at radius 3 is 2.90 bits per heavy atom. The zero-order chi connectivity index (χ0) is 14.5. The van der Waals surface area contributed by atoms with E-state index in [1.54, 1.807) is 6.33 Å². The van der Waals surface area contributed by atoms with Crippen LogP contribution in [0.2, 0.25) is 5.02 Å². The lowest BCUT2D eigenvalue weighted by molar-refractivity contribution is 0.187. The maximum absolute atomic E-state index is 5.94. The topological polar surface area (TPSA) is 44.0 Å². The average Bonchev–Trinajstić information content (AvgIpc) is 3.01. The molecular weight excluding hydrogens is 284 g/mol. The Bertz CT molecular complexity index is 538. The van der Waals surface area contributed by atoms with E-state index >= 15 is 0 Å². The number of aromatic amines is 1. The van der Waals surface area contributed by atoms with Crippen LogP contribution in [0.1, 0.15) is 17.7 Å². The van der Waals surface area contributed by atoms with Gasteiger partial charge in [0.15, 0.2) is 0 Å². The van der Waals surface area contributed by atoms with Crippen LogP contribution in [-0.2, 0) is 13.0 Å². The van der Waals surface area contributed by atoms with Crippen molar-refractivity contribution in [3.63, 3.8) is 0 Å². The van der Waals surface area contributed by atoms with Gasteiger partial charge in [0.2, 0.25) is 0 Å². The van der Waals surface area contributed by atoms with E-state index in [0.29, 0.717) is 6.04 Å². The second-order valence-corrected chi connectivity index (χ2v) is 6.06. The van der Waals surface area contributed by atoms with E-state index in [4.69, 9.17) is 11.6 Å². The molecule has 0 saturated carbocycles. The predicted molar refractivity (Wildman–Crippen MR) is 85.4 cm³/mol. The SMILES string of the molecule is Clc1ccc(CN2CCNC(CCc3cnc[nH]3)C2)cc1. The summed E-state index contributed by atoms with van der Waals surface area (Å²) >= 11 is 5.94. The summed E-state index contributed by atoms with van der Waals surface area (Å²) in [5.41, 5.74) is 2.54. The maximum Gasteiger partial charge on any atom is 0.0921 e. The number of nitrogens with zero attached hydrogens (tertiary/aromatic N) is 2. The van der Waals surface area contributed by atoms with Crippen molar-refractivity contribution >= 4 is 11.6 Å². The van der Waals surface area contributed by atoms with Crippen LogP contribution < -0.4 is 5.32 Å². The highest BCUT2D eigenvalue weighted by atomic mass is 35.5. The fourth-order valence-corrected chi connectivity index (χ4v) is 2.96. The van der Waals surface area contributed by atoms with Gasteiger partial charge in [-0.15, -0.1) is 0 Å². The normalized spacial score (nSPS) is 19.8. The van der Waals surface area contributed by atoms with E-state index in [1.807, 2.05) is 18.3 Å². The van der Waals surface area contributed by atoms with E-state index in [0.717, 1.165) is 44.0 Å². The van der Waals surface area contributed by atoms with Gasteiger partial charge in [-0.25, -0.2) is 4.98 Å². The van der Waals surface area contributed by atoms with Gasteiger partial charge >= 0.3 is 0 Å². The highest BCUT2D eigenvalue weighted by molar-refractivity contribution is 6.30. The Kier molecular flexibility index (Phi) is 4.91. The molecule has 1 aromatic heterocycles. The van der Waals surface area contributed by atoms with Gasteiger partial charge in [0.05, 0.1) is 6.33 Å². The molecule has 1 aliphatic rings. The van der Waals surface area contributed by atoms with Crippen molar-refractivity contribution in [2.24, 2.45) is 0 Å².